The lowest BCUT2D eigenvalue weighted by Crippen LogP contribution is -2.31. The van der Waals surface area contributed by atoms with Crippen LogP contribution in [0.2, 0.25) is 0 Å². The number of hydrogen-bond donors (Lipinski definition) is 4. The minimum absolute atomic E-state index is 0.200. The van der Waals surface area contributed by atoms with Crippen molar-refractivity contribution in [2.24, 2.45) is 11.0 Å². The molecular weight excluding hydrogens is 326 g/mol. The van der Waals surface area contributed by atoms with E-state index in [1.54, 1.807) is 0 Å². The second-order valence-electron chi connectivity index (χ2n) is 3.85. The lowest BCUT2D eigenvalue weighted by molar-refractivity contribution is -0.384. The fourth-order valence-corrected chi connectivity index (χ4v) is 2.93. The number of primary sulfonamides is 1. The lowest BCUT2D eigenvalue weighted by atomic mass is 10.3. The molecule has 0 saturated carbocycles. The Morgan fingerprint density at radius 2 is 1.86 bits per heavy atom. The number of nitrogen functional groups attached to an aromatic ring is 1. The van der Waals surface area contributed by atoms with Crippen LogP contribution in [-0.4, -0.2) is 34.1 Å². The Morgan fingerprint density at radius 3 is 2.33 bits per heavy atom. The van der Waals surface area contributed by atoms with Gasteiger partial charge in [0.05, 0.1) is 15.6 Å². The summed E-state index contributed by atoms with van der Waals surface area (Å²) in [6, 6.07) is 2.92. The Kier molecular flexibility index (Phi) is 5.19. The third-order valence-electron chi connectivity index (χ3n) is 2.31. The standard InChI is InChI=1S/C8H13N5O6S2/c9-12-7-5-6(1-2-8(7)13(14)15)21(18,19)11-3-4-20(10,16)17/h1-2,5,11-12H,3-4,9H2,(H2,10,16,17). The zero-order chi connectivity index (χ0) is 16.3. The van der Waals surface area contributed by atoms with Crippen LogP contribution < -0.4 is 21.1 Å². The number of hydrazine groups is 1. The molecule has 0 amide bonds. The van der Waals surface area contributed by atoms with Crippen molar-refractivity contribution < 1.29 is 21.8 Å². The Hall–Kier alpha value is -1.80. The monoisotopic (exact) mass is 339 g/mol. The minimum atomic E-state index is -4.05. The van der Waals surface area contributed by atoms with Gasteiger partial charge >= 0.3 is 0 Å². The van der Waals surface area contributed by atoms with Gasteiger partial charge in [-0.25, -0.2) is 26.7 Å². The number of rotatable bonds is 7. The molecule has 0 unspecified atom stereocenters. The van der Waals surface area contributed by atoms with Crippen molar-refractivity contribution in [3.63, 3.8) is 0 Å². The maximum Gasteiger partial charge on any atom is 0.293 e. The first-order valence-electron chi connectivity index (χ1n) is 5.32. The second-order valence-corrected chi connectivity index (χ2v) is 7.35. The zero-order valence-corrected chi connectivity index (χ0v) is 12.1. The first-order valence-corrected chi connectivity index (χ1v) is 8.52. The van der Waals surface area contributed by atoms with Gasteiger partial charge in [0.2, 0.25) is 20.0 Å². The molecule has 0 bridgehead atoms. The highest BCUT2D eigenvalue weighted by Crippen LogP contribution is 2.26. The molecule has 0 spiro atoms. The van der Waals surface area contributed by atoms with Crippen LogP contribution in [0.1, 0.15) is 0 Å². The summed E-state index contributed by atoms with van der Waals surface area (Å²) in [5.41, 5.74) is 1.42. The molecule has 1 rings (SSSR count). The number of anilines is 1. The Morgan fingerprint density at radius 1 is 1.24 bits per heavy atom. The minimum Gasteiger partial charge on any atom is -0.318 e. The average molecular weight is 339 g/mol. The van der Waals surface area contributed by atoms with Crippen LogP contribution >= 0.6 is 0 Å². The van der Waals surface area contributed by atoms with Gasteiger partial charge in [-0.15, -0.1) is 0 Å². The number of benzene rings is 1. The molecule has 6 N–H and O–H groups in total. The van der Waals surface area contributed by atoms with Gasteiger partial charge in [0.25, 0.3) is 5.69 Å². The van der Waals surface area contributed by atoms with Gasteiger partial charge in [0.15, 0.2) is 0 Å². The van der Waals surface area contributed by atoms with E-state index in [4.69, 9.17) is 11.0 Å². The molecule has 0 saturated heterocycles. The second kappa shape index (κ2) is 6.31. The summed E-state index contributed by atoms with van der Waals surface area (Å²) in [4.78, 5) is 9.64. The molecule has 118 valence electrons. The van der Waals surface area contributed by atoms with E-state index >= 15 is 0 Å². The van der Waals surface area contributed by atoms with Crippen LogP contribution in [0.3, 0.4) is 0 Å². The van der Waals surface area contributed by atoms with Crippen LogP contribution in [0.5, 0.6) is 0 Å². The van der Waals surface area contributed by atoms with Crippen molar-refractivity contribution in [1.29, 1.82) is 0 Å². The summed E-state index contributed by atoms with van der Waals surface area (Å²) in [7, 11) is -7.85. The maximum atomic E-state index is 11.9. The third kappa shape index (κ3) is 4.91. The molecule has 0 heterocycles. The number of nitrogens with zero attached hydrogens (tertiary/aromatic N) is 1. The molecule has 0 aliphatic rings. The van der Waals surface area contributed by atoms with E-state index in [0.29, 0.717) is 0 Å². The molecule has 0 atom stereocenters. The van der Waals surface area contributed by atoms with Crippen LogP contribution in [0.4, 0.5) is 11.4 Å². The Bertz CT molecular complexity index is 744. The van der Waals surface area contributed by atoms with E-state index in [2.05, 4.69) is 0 Å². The number of nitrogens with one attached hydrogen (secondary N) is 2. The van der Waals surface area contributed by atoms with Crippen molar-refractivity contribution >= 4 is 31.4 Å². The van der Waals surface area contributed by atoms with Crippen LogP contribution in [0.15, 0.2) is 23.1 Å². The summed E-state index contributed by atoms with van der Waals surface area (Å²) in [6.45, 7) is -0.427. The van der Waals surface area contributed by atoms with Crippen molar-refractivity contribution in [1.82, 2.24) is 4.72 Å². The summed E-state index contributed by atoms with van der Waals surface area (Å²) >= 11 is 0. The summed E-state index contributed by atoms with van der Waals surface area (Å²) in [5, 5.41) is 15.4. The molecule has 0 radical (unpaired) electrons. The Labute approximate surface area is 120 Å². The predicted molar refractivity (Wildman–Crippen MR) is 74.1 cm³/mol. The molecular formula is C8H13N5O6S2. The van der Waals surface area contributed by atoms with E-state index in [-0.39, 0.29) is 10.6 Å². The van der Waals surface area contributed by atoms with E-state index < -0.39 is 43.0 Å². The third-order valence-corrected chi connectivity index (χ3v) is 4.54. The molecule has 1 aromatic rings. The predicted octanol–water partition coefficient (Wildman–Crippen LogP) is -1.55. The largest absolute Gasteiger partial charge is 0.318 e. The molecule has 0 aliphatic carbocycles. The number of nitrogens with two attached hydrogens (primary N) is 2. The van der Waals surface area contributed by atoms with E-state index in [9.17, 15) is 26.9 Å². The highest BCUT2D eigenvalue weighted by atomic mass is 32.2. The van der Waals surface area contributed by atoms with Crippen molar-refractivity contribution in [2.75, 3.05) is 17.7 Å². The highest BCUT2D eigenvalue weighted by molar-refractivity contribution is 7.90. The zero-order valence-electron chi connectivity index (χ0n) is 10.5. The van der Waals surface area contributed by atoms with Crippen LogP contribution in [0, 0.1) is 10.1 Å². The first-order chi connectivity index (χ1) is 9.57. The maximum absolute atomic E-state index is 11.9. The van der Waals surface area contributed by atoms with Crippen molar-refractivity contribution in [3.8, 4) is 0 Å². The van der Waals surface area contributed by atoms with Gasteiger partial charge in [-0.1, -0.05) is 0 Å². The lowest BCUT2D eigenvalue weighted by Gasteiger charge is -2.08. The average Bonchev–Trinajstić information content (AvgIpc) is 2.35. The fourth-order valence-electron chi connectivity index (χ4n) is 1.36. The molecule has 21 heavy (non-hydrogen) atoms. The molecule has 0 aliphatic heterocycles. The van der Waals surface area contributed by atoms with Crippen LogP contribution in [-0.2, 0) is 20.0 Å². The van der Waals surface area contributed by atoms with Crippen molar-refractivity contribution in [3.05, 3.63) is 28.3 Å². The summed E-state index contributed by atoms with van der Waals surface area (Å²) < 4.78 is 47.2. The van der Waals surface area contributed by atoms with Gasteiger partial charge in [-0.2, -0.15) is 0 Å². The number of hydrogen-bond acceptors (Lipinski definition) is 8. The topological polar surface area (TPSA) is 188 Å². The van der Waals surface area contributed by atoms with Gasteiger partial charge < -0.3 is 5.43 Å². The molecule has 1 aromatic carbocycles. The number of nitro groups is 1. The van der Waals surface area contributed by atoms with Gasteiger partial charge in [-0.05, 0) is 12.1 Å². The van der Waals surface area contributed by atoms with Crippen molar-refractivity contribution in [2.45, 2.75) is 4.90 Å². The van der Waals surface area contributed by atoms with E-state index in [1.165, 1.54) is 0 Å². The quantitative estimate of drug-likeness (QED) is 0.261. The Balaban J connectivity index is 3.01. The van der Waals surface area contributed by atoms with Gasteiger partial charge in [0.1, 0.15) is 5.69 Å². The van der Waals surface area contributed by atoms with Crippen LogP contribution in [0.25, 0.3) is 0 Å². The smallest absolute Gasteiger partial charge is 0.293 e. The molecule has 0 fully saturated rings. The highest BCUT2D eigenvalue weighted by Gasteiger charge is 2.20. The van der Waals surface area contributed by atoms with E-state index in [0.717, 1.165) is 18.2 Å². The molecule has 0 aromatic heterocycles. The molecule has 13 heteroatoms. The SMILES string of the molecule is NNc1cc(S(=O)(=O)NCCS(N)(=O)=O)ccc1[N+](=O)[O-]. The fraction of sp³-hybridized carbons (Fsp3) is 0.250. The van der Waals surface area contributed by atoms with Gasteiger partial charge in [0, 0.05) is 12.6 Å². The van der Waals surface area contributed by atoms with E-state index in [1.807, 2.05) is 10.1 Å². The molecule has 11 nitrogen and oxygen atoms in total. The number of nitro benzene ring substituents is 1. The summed E-state index contributed by atoms with van der Waals surface area (Å²) in [6.07, 6.45) is 0. The first kappa shape index (κ1) is 17.3. The number of sulfonamides is 2. The summed E-state index contributed by atoms with van der Waals surface area (Å²) in [5.74, 6) is 4.51. The normalized spacial score (nSPS) is 12.1. The van der Waals surface area contributed by atoms with Gasteiger partial charge in [-0.3, -0.25) is 16.0 Å².